The van der Waals surface area contributed by atoms with Crippen molar-refractivity contribution in [3.8, 4) is 0 Å². The van der Waals surface area contributed by atoms with E-state index in [4.69, 9.17) is 11.5 Å². The molecule has 0 aromatic heterocycles. The maximum absolute atomic E-state index is 11.4. The summed E-state index contributed by atoms with van der Waals surface area (Å²) in [5.41, 5.74) is 10.7. The van der Waals surface area contributed by atoms with Gasteiger partial charge in [-0.2, -0.15) is 0 Å². The van der Waals surface area contributed by atoms with Gasteiger partial charge in [0, 0.05) is 12.1 Å². The van der Waals surface area contributed by atoms with Crippen molar-refractivity contribution in [1.82, 2.24) is 9.80 Å². The summed E-state index contributed by atoms with van der Waals surface area (Å²) in [6, 6.07) is 1.04. The van der Waals surface area contributed by atoms with Crippen LogP contribution in [0.4, 0.5) is 0 Å². The van der Waals surface area contributed by atoms with Gasteiger partial charge in [-0.3, -0.25) is 4.79 Å². The first-order chi connectivity index (χ1) is 8.96. The van der Waals surface area contributed by atoms with Gasteiger partial charge < -0.3 is 21.3 Å². The van der Waals surface area contributed by atoms with Gasteiger partial charge in [0.15, 0.2) is 0 Å². The molecule has 5 heteroatoms. The zero-order valence-electron chi connectivity index (χ0n) is 12.3. The molecule has 0 radical (unpaired) electrons. The van der Waals surface area contributed by atoms with Gasteiger partial charge in [0.1, 0.15) is 0 Å². The van der Waals surface area contributed by atoms with E-state index < -0.39 is 5.54 Å². The monoisotopic (exact) mass is 268 g/mol. The summed E-state index contributed by atoms with van der Waals surface area (Å²) in [5, 5.41) is 0. The number of nitrogens with two attached hydrogens (primary N) is 2. The van der Waals surface area contributed by atoms with Gasteiger partial charge in [0.05, 0.1) is 5.54 Å². The first-order valence-electron chi connectivity index (χ1n) is 7.49. The molecule has 1 saturated carbocycles. The second kappa shape index (κ2) is 5.77. The molecule has 1 heterocycles. The Balaban J connectivity index is 1.88. The fourth-order valence-electron chi connectivity index (χ4n) is 3.56. The summed E-state index contributed by atoms with van der Waals surface area (Å²) >= 11 is 0. The molecule has 0 aromatic rings. The fourth-order valence-corrected chi connectivity index (χ4v) is 3.56. The van der Waals surface area contributed by atoms with Crippen LogP contribution in [0.15, 0.2) is 0 Å². The number of nitrogens with zero attached hydrogens (tertiary/aromatic N) is 2. The third-order valence-corrected chi connectivity index (χ3v) is 5.17. The number of piperidine rings is 1. The summed E-state index contributed by atoms with van der Waals surface area (Å²) in [6.07, 6.45) is 4.87. The first kappa shape index (κ1) is 14.8. The highest BCUT2D eigenvalue weighted by molar-refractivity contribution is 5.84. The quantitative estimate of drug-likeness (QED) is 0.760. The predicted octanol–water partition coefficient (Wildman–Crippen LogP) is 0.138. The zero-order valence-corrected chi connectivity index (χ0v) is 12.3. The minimum atomic E-state index is -0.775. The number of likely N-dealkylation sites (tertiary alicyclic amines) is 1. The number of hydrogen-bond donors (Lipinski definition) is 2. The van der Waals surface area contributed by atoms with E-state index in [-0.39, 0.29) is 5.91 Å². The van der Waals surface area contributed by atoms with Crippen molar-refractivity contribution in [3.05, 3.63) is 0 Å². The average Bonchev–Trinajstić information content (AvgIpc) is 2.82. The lowest BCUT2D eigenvalue weighted by molar-refractivity contribution is -0.123. The Morgan fingerprint density at radius 3 is 2.42 bits per heavy atom. The SMILES string of the molecule is CCN1CCC(N(C)C2CCC(N)(C(N)=O)C2)CC1. The highest BCUT2D eigenvalue weighted by Gasteiger charge is 2.43. The molecule has 0 spiro atoms. The van der Waals surface area contributed by atoms with Gasteiger partial charge in [-0.15, -0.1) is 0 Å². The third-order valence-electron chi connectivity index (χ3n) is 5.17. The molecule has 0 aromatic carbocycles. The van der Waals surface area contributed by atoms with Crippen LogP contribution < -0.4 is 11.5 Å². The molecule has 19 heavy (non-hydrogen) atoms. The number of primary amides is 1. The van der Waals surface area contributed by atoms with E-state index in [0.717, 1.165) is 19.4 Å². The van der Waals surface area contributed by atoms with Gasteiger partial charge in [-0.1, -0.05) is 6.92 Å². The lowest BCUT2D eigenvalue weighted by Gasteiger charge is -2.39. The lowest BCUT2D eigenvalue weighted by atomic mass is 9.97. The maximum Gasteiger partial charge on any atom is 0.237 e. The van der Waals surface area contributed by atoms with E-state index in [0.29, 0.717) is 18.5 Å². The number of rotatable bonds is 4. The van der Waals surface area contributed by atoms with E-state index in [1.807, 2.05) is 0 Å². The molecule has 1 aliphatic carbocycles. The smallest absolute Gasteiger partial charge is 0.237 e. The third kappa shape index (κ3) is 3.09. The van der Waals surface area contributed by atoms with Crippen LogP contribution >= 0.6 is 0 Å². The number of carbonyl (C=O) groups excluding carboxylic acids is 1. The van der Waals surface area contributed by atoms with Crippen LogP contribution in [-0.2, 0) is 4.79 Å². The minimum Gasteiger partial charge on any atom is -0.368 e. The van der Waals surface area contributed by atoms with Crippen LogP contribution in [0, 0.1) is 0 Å². The Morgan fingerprint density at radius 1 is 1.32 bits per heavy atom. The molecule has 0 bridgehead atoms. The largest absolute Gasteiger partial charge is 0.368 e. The molecular formula is C14H28N4O. The molecule has 2 atom stereocenters. The summed E-state index contributed by atoms with van der Waals surface area (Å²) < 4.78 is 0. The molecule has 4 N–H and O–H groups in total. The van der Waals surface area contributed by atoms with Crippen LogP contribution in [0.2, 0.25) is 0 Å². The lowest BCUT2D eigenvalue weighted by Crippen LogP contribution is -2.52. The van der Waals surface area contributed by atoms with Crippen molar-refractivity contribution in [2.75, 3.05) is 26.7 Å². The van der Waals surface area contributed by atoms with Crippen molar-refractivity contribution in [2.24, 2.45) is 11.5 Å². The highest BCUT2D eigenvalue weighted by atomic mass is 16.1. The average molecular weight is 268 g/mol. The maximum atomic E-state index is 11.4. The Bertz CT molecular complexity index is 327. The van der Waals surface area contributed by atoms with E-state index in [9.17, 15) is 4.79 Å². The van der Waals surface area contributed by atoms with Gasteiger partial charge in [0.2, 0.25) is 5.91 Å². The summed E-state index contributed by atoms with van der Waals surface area (Å²) in [7, 11) is 2.18. The standard InChI is InChI=1S/C14H28N4O/c1-3-18-8-5-11(6-9-18)17(2)12-4-7-14(16,10-12)13(15)19/h11-12H,3-10,16H2,1-2H3,(H2,15,19). The van der Waals surface area contributed by atoms with Crippen molar-refractivity contribution < 1.29 is 4.79 Å². The van der Waals surface area contributed by atoms with Crippen LogP contribution in [0.5, 0.6) is 0 Å². The van der Waals surface area contributed by atoms with Gasteiger partial charge >= 0.3 is 0 Å². The van der Waals surface area contributed by atoms with Crippen LogP contribution in [0.25, 0.3) is 0 Å². The van der Waals surface area contributed by atoms with Crippen molar-refractivity contribution >= 4 is 5.91 Å². The van der Waals surface area contributed by atoms with Gasteiger partial charge in [-0.25, -0.2) is 0 Å². The molecule has 2 fully saturated rings. The Kier molecular flexibility index (Phi) is 4.48. The number of hydrogen-bond acceptors (Lipinski definition) is 4. The Morgan fingerprint density at radius 2 is 1.95 bits per heavy atom. The molecule has 2 unspecified atom stereocenters. The van der Waals surface area contributed by atoms with E-state index in [2.05, 4.69) is 23.8 Å². The van der Waals surface area contributed by atoms with Crippen LogP contribution in [-0.4, -0.2) is 60.0 Å². The van der Waals surface area contributed by atoms with Crippen molar-refractivity contribution in [2.45, 2.75) is 56.7 Å². The van der Waals surface area contributed by atoms with Crippen LogP contribution in [0.1, 0.15) is 39.0 Å². The van der Waals surface area contributed by atoms with Crippen molar-refractivity contribution in [1.29, 1.82) is 0 Å². The second-order valence-electron chi connectivity index (χ2n) is 6.25. The van der Waals surface area contributed by atoms with Crippen molar-refractivity contribution in [3.63, 3.8) is 0 Å². The molecule has 1 saturated heterocycles. The Labute approximate surface area is 116 Å². The molecule has 2 rings (SSSR count). The molecular weight excluding hydrogens is 240 g/mol. The topological polar surface area (TPSA) is 75.6 Å². The molecule has 1 amide bonds. The van der Waals surface area contributed by atoms with E-state index >= 15 is 0 Å². The van der Waals surface area contributed by atoms with E-state index in [1.54, 1.807) is 0 Å². The van der Waals surface area contributed by atoms with Gasteiger partial charge in [0.25, 0.3) is 0 Å². The number of carbonyl (C=O) groups is 1. The molecule has 110 valence electrons. The summed E-state index contributed by atoms with van der Waals surface area (Å²) in [6.45, 7) is 5.73. The second-order valence-corrected chi connectivity index (χ2v) is 6.25. The normalized spacial score (nSPS) is 34.0. The Hall–Kier alpha value is -0.650. The predicted molar refractivity (Wildman–Crippen MR) is 76.7 cm³/mol. The zero-order chi connectivity index (χ0) is 14.0. The number of amides is 1. The molecule has 2 aliphatic rings. The molecule has 5 nitrogen and oxygen atoms in total. The first-order valence-corrected chi connectivity index (χ1v) is 7.49. The minimum absolute atomic E-state index is 0.343. The van der Waals surface area contributed by atoms with E-state index in [1.165, 1.54) is 25.9 Å². The fraction of sp³-hybridized carbons (Fsp3) is 0.929. The molecule has 1 aliphatic heterocycles. The van der Waals surface area contributed by atoms with Crippen LogP contribution in [0.3, 0.4) is 0 Å². The van der Waals surface area contributed by atoms with Gasteiger partial charge in [-0.05, 0) is 58.8 Å². The summed E-state index contributed by atoms with van der Waals surface area (Å²) in [4.78, 5) is 16.4. The highest BCUT2D eigenvalue weighted by Crippen LogP contribution is 2.32. The summed E-state index contributed by atoms with van der Waals surface area (Å²) in [5.74, 6) is -0.343.